The molecule has 1 unspecified atom stereocenters. The summed E-state index contributed by atoms with van der Waals surface area (Å²) < 4.78 is 71.1. The van der Waals surface area contributed by atoms with Crippen molar-refractivity contribution in [1.82, 2.24) is 9.62 Å². The standard InChI is InChI=1S/C35H40F2N2O7SSi/c1-35(2,3)48(6,7)46-30-17-28(37)23(14-27(30)34(41)44-5)19-39(47(42)43)18-22-15-29-26(16-25(22)20-8-9-20)31(33(40)38-4)32(45-29)21-10-12-24(36)13-11-21/h10-17,20H,8-9,18-19H2,1-7H3,(H,38,40)(H,42,43). The van der Waals surface area contributed by atoms with Gasteiger partial charge in [0.15, 0.2) is 0 Å². The Bertz CT molecular complexity index is 1900. The minimum absolute atomic E-state index is 0.00734. The van der Waals surface area contributed by atoms with Crippen molar-refractivity contribution in [3.8, 4) is 17.1 Å². The molecule has 9 nitrogen and oxygen atoms in total. The molecule has 1 heterocycles. The molecule has 0 radical (unpaired) electrons. The Morgan fingerprint density at radius 3 is 2.27 bits per heavy atom. The lowest BCUT2D eigenvalue weighted by molar-refractivity contribution is 0.0598. The van der Waals surface area contributed by atoms with Gasteiger partial charge in [0.25, 0.3) is 14.2 Å². The first-order valence-electron chi connectivity index (χ1n) is 15.6. The summed E-state index contributed by atoms with van der Waals surface area (Å²) in [5, 5.41) is 2.98. The average Bonchev–Trinajstić information content (AvgIpc) is 3.80. The molecule has 5 rings (SSSR count). The molecule has 0 bridgehead atoms. The van der Waals surface area contributed by atoms with Crippen LogP contribution in [0.25, 0.3) is 22.3 Å². The van der Waals surface area contributed by atoms with Crippen LogP contribution in [0.15, 0.2) is 52.9 Å². The lowest BCUT2D eigenvalue weighted by Crippen LogP contribution is -2.44. The lowest BCUT2D eigenvalue weighted by Gasteiger charge is -2.37. The quantitative estimate of drug-likeness (QED) is 0.0928. The number of halogens is 2. The van der Waals surface area contributed by atoms with Crippen LogP contribution in [-0.2, 0) is 29.1 Å². The minimum Gasteiger partial charge on any atom is -0.543 e. The lowest BCUT2D eigenvalue weighted by atomic mass is 9.97. The van der Waals surface area contributed by atoms with Gasteiger partial charge in [0.05, 0.1) is 12.7 Å². The van der Waals surface area contributed by atoms with Crippen LogP contribution in [0.4, 0.5) is 8.78 Å². The summed E-state index contributed by atoms with van der Waals surface area (Å²) in [6.45, 7) is 9.64. The first-order valence-corrected chi connectivity index (χ1v) is 19.5. The van der Waals surface area contributed by atoms with Crippen LogP contribution in [0.1, 0.15) is 76.9 Å². The summed E-state index contributed by atoms with van der Waals surface area (Å²) in [5.41, 5.74) is 2.75. The van der Waals surface area contributed by atoms with Crippen molar-refractivity contribution in [1.29, 1.82) is 0 Å². The molecule has 13 heteroatoms. The molecule has 1 amide bonds. The van der Waals surface area contributed by atoms with Gasteiger partial charge < -0.3 is 18.9 Å². The molecule has 1 aliphatic carbocycles. The number of hydrogen-bond donors (Lipinski definition) is 2. The highest BCUT2D eigenvalue weighted by Gasteiger charge is 2.40. The van der Waals surface area contributed by atoms with Crippen LogP contribution in [-0.4, -0.2) is 47.4 Å². The van der Waals surface area contributed by atoms with Crippen LogP contribution in [0.5, 0.6) is 5.75 Å². The molecule has 1 saturated carbocycles. The maximum absolute atomic E-state index is 15.7. The van der Waals surface area contributed by atoms with E-state index in [9.17, 15) is 22.7 Å². The monoisotopic (exact) mass is 698 g/mol. The number of methoxy groups -OCH3 is 1. The first kappa shape index (κ1) is 35.4. The number of carbonyl (C=O) groups excluding carboxylic acids is 2. The van der Waals surface area contributed by atoms with E-state index in [4.69, 9.17) is 13.6 Å². The van der Waals surface area contributed by atoms with Crippen molar-refractivity contribution in [2.75, 3.05) is 14.2 Å². The van der Waals surface area contributed by atoms with E-state index in [0.29, 0.717) is 27.7 Å². The number of furan rings is 1. The maximum Gasteiger partial charge on any atom is 0.341 e. The minimum atomic E-state index is -2.54. The maximum atomic E-state index is 15.7. The van der Waals surface area contributed by atoms with Crippen molar-refractivity contribution in [2.24, 2.45) is 0 Å². The molecule has 1 atom stereocenters. The van der Waals surface area contributed by atoms with Gasteiger partial charge in [-0.3, -0.25) is 9.35 Å². The first-order chi connectivity index (χ1) is 22.5. The highest BCUT2D eigenvalue weighted by atomic mass is 32.2. The smallest absolute Gasteiger partial charge is 0.341 e. The van der Waals surface area contributed by atoms with Crippen molar-refractivity contribution in [3.63, 3.8) is 0 Å². The van der Waals surface area contributed by atoms with Crippen LogP contribution in [0, 0.1) is 11.6 Å². The van der Waals surface area contributed by atoms with Crippen LogP contribution in [0.3, 0.4) is 0 Å². The summed E-state index contributed by atoms with van der Waals surface area (Å²) in [4.78, 5) is 25.9. The van der Waals surface area contributed by atoms with Gasteiger partial charge in [-0.1, -0.05) is 20.8 Å². The third-order valence-electron chi connectivity index (χ3n) is 9.17. The van der Waals surface area contributed by atoms with Crippen molar-refractivity contribution < 1.29 is 40.7 Å². The number of hydrogen-bond acceptors (Lipinski definition) is 6. The van der Waals surface area contributed by atoms with Crippen LogP contribution in [0.2, 0.25) is 18.1 Å². The van der Waals surface area contributed by atoms with E-state index in [2.05, 4.69) is 5.32 Å². The number of fused-ring (bicyclic) bond motifs is 1. The Balaban J connectivity index is 1.55. The zero-order valence-electron chi connectivity index (χ0n) is 28.0. The Labute approximate surface area is 282 Å². The summed E-state index contributed by atoms with van der Waals surface area (Å²) >= 11 is -2.54. The topological polar surface area (TPSA) is 118 Å². The average molecular weight is 699 g/mol. The Morgan fingerprint density at radius 1 is 1.06 bits per heavy atom. The third-order valence-corrected chi connectivity index (χ3v) is 14.2. The summed E-state index contributed by atoms with van der Waals surface area (Å²) in [5.74, 6) is -1.73. The second-order valence-corrected chi connectivity index (χ2v) is 19.2. The number of amides is 1. The summed E-state index contributed by atoms with van der Waals surface area (Å²) in [6, 6.07) is 11.7. The summed E-state index contributed by atoms with van der Waals surface area (Å²) in [6.07, 6.45) is 1.79. The Hall–Kier alpha value is -3.91. The Morgan fingerprint density at radius 2 is 1.71 bits per heavy atom. The van der Waals surface area contributed by atoms with Gasteiger partial charge in [0.2, 0.25) is 11.3 Å². The van der Waals surface area contributed by atoms with E-state index in [1.165, 1.54) is 48.8 Å². The molecular weight excluding hydrogens is 659 g/mol. The molecule has 0 aliphatic heterocycles. The summed E-state index contributed by atoms with van der Waals surface area (Å²) in [7, 11) is 0.260. The second kappa shape index (κ2) is 13.5. The van der Waals surface area contributed by atoms with Gasteiger partial charge in [-0.05, 0) is 90.5 Å². The zero-order valence-corrected chi connectivity index (χ0v) is 29.8. The molecule has 0 spiro atoms. The molecule has 256 valence electrons. The molecule has 1 aromatic heterocycles. The Kier molecular flexibility index (Phi) is 9.98. The van der Waals surface area contributed by atoms with E-state index in [1.807, 2.05) is 39.9 Å². The van der Waals surface area contributed by atoms with Crippen LogP contribution >= 0.6 is 0 Å². The van der Waals surface area contributed by atoms with E-state index in [-0.39, 0.29) is 52.6 Å². The SMILES string of the molecule is CNC(=O)c1c(-c2ccc(F)cc2)oc2cc(CN(Cc3cc(C(=O)OC)c(O[Si](C)(C)C(C)(C)C)cc3F)S(=O)O)c(C3CC3)cc12. The van der Waals surface area contributed by atoms with E-state index in [1.54, 1.807) is 6.07 Å². The van der Waals surface area contributed by atoms with Gasteiger partial charge >= 0.3 is 5.97 Å². The number of esters is 1. The second-order valence-electron chi connectivity index (χ2n) is 13.5. The van der Waals surface area contributed by atoms with Crippen molar-refractivity contribution >= 4 is 42.4 Å². The molecule has 0 saturated heterocycles. The zero-order chi connectivity index (χ0) is 35.1. The molecular formula is C35H40F2N2O7SSi. The molecule has 3 aromatic carbocycles. The van der Waals surface area contributed by atoms with Gasteiger partial charge in [-0.2, -0.15) is 4.31 Å². The number of ether oxygens (including phenoxy) is 1. The van der Waals surface area contributed by atoms with Crippen molar-refractivity contribution in [3.05, 3.63) is 88.0 Å². The molecule has 1 fully saturated rings. The number of carbonyl (C=O) groups is 2. The fourth-order valence-corrected chi connectivity index (χ4v) is 6.84. The third kappa shape index (κ3) is 7.24. The number of nitrogens with zero attached hydrogens (tertiary/aromatic N) is 1. The van der Waals surface area contributed by atoms with E-state index in [0.717, 1.165) is 24.5 Å². The van der Waals surface area contributed by atoms with Gasteiger partial charge in [0.1, 0.15) is 34.3 Å². The van der Waals surface area contributed by atoms with Gasteiger partial charge in [0, 0.05) is 42.7 Å². The molecule has 2 N–H and O–H groups in total. The fraction of sp³-hybridized carbons (Fsp3) is 0.371. The van der Waals surface area contributed by atoms with Gasteiger partial charge in [-0.25, -0.2) is 17.8 Å². The highest BCUT2D eigenvalue weighted by Crippen LogP contribution is 2.45. The predicted octanol–water partition coefficient (Wildman–Crippen LogP) is 7.92. The predicted molar refractivity (Wildman–Crippen MR) is 183 cm³/mol. The van der Waals surface area contributed by atoms with Gasteiger partial charge in [-0.15, -0.1) is 0 Å². The number of benzene rings is 3. The molecule has 4 aromatic rings. The van der Waals surface area contributed by atoms with Crippen LogP contribution < -0.4 is 9.74 Å². The number of rotatable bonds is 11. The largest absolute Gasteiger partial charge is 0.543 e. The van der Waals surface area contributed by atoms with E-state index >= 15 is 4.39 Å². The molecule has 48 heavy (non-hydrogen) atoms. The number of nitrogens with one attached hydrogen (secondary N) is 1. The van der Waals surface area contributed by atoms with Crippen molar-refractivity contribution in [2.45, 2.75) is 70.8 Å². The normalized spacial score (nSPS) is 14.3. The van der Waals surface area contributed by atoms with E-state index < -0.39 is 37.2 Å². The molecule has 1 aliphatic rings. The fourth-order valence-electron chi connectivity index (χ4n) is 5.32. The highest BCUT2D eigenvalue weighted by molar-refractivity contribution is 7.76.